The maximum absolute atomic E-state index is 13.3. The molecule has 4 aromatic rings. The fourth-order valence-electron chi connectivity index (χ4n) is 3.14. The highest BCUT2D eigenvalue weighted by atomic mass is 19.1. The molecule has 0 saturated heterocycles. The number of imidazole rings is 1. The van der Waals surface area contributed by atoms with Gasteiger partial charge in [0.2, 0.25) is 5.95 Å². The molecule has 0 spiro atoms. The van der Waals surface area contributed by atoms with E-state index in [1.165, 1.54) is 12.1 Å². The van der Waals surface area contributed by atoms with Crippen LogP contribution < -0.4 is 5.32 Å². The van der Waals surface area contributed by atoms with Crippen molar-refractivity contribution < 1.29 is 13.9 Å². The van der Waals surface area contributed by atoms with Crippen LogP contribution in [0.25, 0.3) is 11.0 Å². The molecule has 1 N–H and O–H groups in total. The topological polar surface area (TPSA) is 56.1 Å². The van der Waals surface area contributed by atoms with Crippen LogP contribution in [-0.4, -0.2) is 22.1 Å². The fourth-order valence-corrected chi connectivity index (χ4v) is 3.14. The minimum atomic E-state index is -0.345. The zero-order valence-corrected chi connectivity index (χ0v) is 15.9. The highest BCUT2D eigenvalue weighted by Gasteiger charge is 2.12. The predicted octanol–water partition coefficient (Wildman–Crippen LogP) is 5.14. The summed E-state index contributed by atoms with van der Waals surface area (Å²) in [6.07, 6.45) is 0. The number of benzene rings is 3. The van der Waals surface area contributed by atoms with Crippen LogP contribution in [0.4, 0.5) is 16.0 Å². The number of aromatic nitrogens is 2. The van der Waals surface area contributed by atoms with Gasteiger partial charge in [0.1, 0.15) is 5.82 Å². The van der Waals surface area contributed by atoms with Crippen LogP contribution in [0.1, 0.15) is 22.8 Å². The number of ether oxygens (including phenoxy) is 1. The lowest BCUT2D eigenvalue weighted by molar-refractivity contribution is 0.0526. The van der Waals surface area contributed by atoms with Crippen molar-refractivity contribution in [1.82, 2.24) is 9.55 Å². The summed E-state index contributed by atoms with van der Waals surface area (Å²) in [4.78, 5) is 16.5. The molecular weight excluding hydrogens is 369 g/mol. The first-order valence-corrected chi connectivity index (χ1v) is 9.38. The molecule has 0 radical (unpaired) electrons. The lowest BCUT2D eigenvalue weighted by Gasteiger charge is -2.11. The number of hydrogen-bond donors (Lipinski definition) is 1. The Balaban J connectivity index is 1.64. The first kappa shape index (κ1) is 18.7. The molecule has 0 atom stereocenters. The second-order valence-corrected chi connectivity index (χ2v) is 6.56. The molecule has 0 amide bonds. The molecule has 6 heteroatoms. The molecule has 0 aliphatic rings. The lowest BCUT2D eigenvalue weighted by atomic mass is 10.2. The van der Waals surface area contributed by atoms with Crippen LogP contribution in [0, 0.1) is 5.82 Å². The van der Waals surface area contributed by atoms with E-state index in [1.54, 1.807) is 31.2 Å². The number of anilines is 2. The van der Waals surface area contributed by atoms with Gasteiger partial charge >= 0.3 is 5.97 Å². The third-order valence-corrected chi connectivity index (χ3v) is 4.56. The van der Waals surface area contributed by atoms with Crippen molar-refractivity contribution in [2.24, 2.45) is 0 Å². The monoisotopic (exact) mass is 389 g/mol. The van der Waals surface area contributed by atoms with E-state index < -0.39 is 0 Å². The molecule has 146 valence electrons. The van der Waals surface area contributed by atoms with Gasteiger partial charge in [0.05, 0.1) is 29.7 Å². The van der Waals surface area contributed by atoms with E-state index in [0.29, 0.717) is 24.7 Å². The number of para-hydroxylation sites is 2. The number of fused-ring (bicyclic) bond motifs is 1. The Morgan fingerprint density at radius 1 is 1.03 bits per heavy atom. The third-order valence-electron chi connectivity index (χ3n) is 4.56. The molecule has 0 aliphatic heterocycles. The zero-order chi connectivity index (χ0) is 20.2. The fraction of sp³-hybridized carbons (Fsp3) is 0.130. The number of rotatable bonds is 6. The molecule has 0 fully saturated rings. The van der Waals surface area contributed by atoms with E-state index in [-0.39, 0.29) is 11.8 Å². The van der Waals surface area contributed by atoms with Gasteiger partial charge in [-0.3, -0.25) is 0 Å². The smallest absolute Gasteiger partial charge is 0.338 e. The first-order chi connectivity index (χ1) is 14.1. The van der Waals surface area contributed by atoms with Gasteiger partial charge in [0.15, 0.2) is 0 Å². The van der Waals surface area contributed by atoms with E-state index in [0.717, 1.165) is 22.3 Å². The summed E-state index contributed by atoms with van der Waals surface area (Å²) in [5.74, 6) is 0.0614. The highest BCUT2D eigenvalue weighted by Crippen LogP contribution is 2.24. The molecule has 3 aromatic carbocycles. The van der Waals surface area contributed by atoms with Crippen LogP contribution in [0.15, 0.2) is 72.8 Å². The highest BCUT2D eigenvalue weighted by molar-refractivity contribution is 5.90. The Bertz CT molecular complexity index is 1140. The summed E-state index contributed by atoms with van der Waals surface area (Å²) in [6.45, 7) is 2.66. The van der Waals surface area contributed by atoms with Crippen molar-refractivity contribution >= 4 is 28.6 Å². The van der Waals surface area contributed by atoms with Crippen molar-refractivity contribution in [2.45, 2.75) is 13.5 Å². The number of esters is 1. The van der Waals surface area contributed by atoms with Gasteiger partial charge in [-0.05, 0) is 61.0 Å². The zero-order valence-electron chi connectivity index (χ0n) is 15.9. The molecule has 0 unspecified atom stereocenters. The summed E-state index contributed by atoms with van der Waals surface area (Å²) in [7, 11) is 0. The molecule has 1 aromatic heterocycles. The van der Waals surface area contributed by atoms with Crippen molar-refractivity contribution in [3.63, 3.8) is 0 Å². The molecule has 29 heavy (non-hydrogen) atoms. The minimum Gasteiger partial charge on any atom is -0.462 e. The van der Waals surface area contributed by atoms with Gasteiger partial charge < -0.3 is 14.6 Å². The quantitative estimate of drug-likeness (QED) is 0.464. The standard InChI is InChI=1S/C23H20FN3O2/c1-2-29-22(28)17-9-13-19(14-10-17)25-23-26-20-5-3-4-6-21(20)27(23)15-16-7-11-18(24)12-8-16/h3-14H,2,15H2,1H3,(H,25,26). The molecule has 0 bridgehead atoms. The Kier molecular flexibility index (Phi) is 5.24. The molecule has 0 aliphatic carbocycles. The lowest BCUT2D eigenvalue weighted by Crippen LogP contribution is -2.06. The summed E-state index contributed by atoms with van der Waals surface area (Å²) in [5, 5.41) is 3.32. The van der Waals surface area contributed by atoms with Crippen molar-refractivity contribution in [3.05, 3.63) is 89.7 Å². The third kappa shape index (κ3) is 4.11. The number of nitrogens with one attached hydrogen (secondary N) is 1. The van der Waals surface area contributed by atoms with Crippen LogP contribution in [0.3, 0.4) is 0 Å². The molecule has 4 rings (SSSR count). The normalized spacial score (nSPS) is 10.8. The SMILES string of the molecule is CCOC(=O)c1ccc(Nc2nc3ccccc3n2Cc2ccc(F)cc2)cc1. The van der Waals surface area contributed by atoms with Crippen molar-refractivity contribution in [1.29, 1.82) is 0 Å². The van der Waals surface area contributed by atoms with Gasteiger partial charge in [-0.2, -0.15) is 0 Å². The summed E-state index contributed by atoms with van der Waals surface area (Å²) < 4.78 is 20.3. The minimum absolute atomic E-state index is 0.260. The van der Waals surface area contributed by atoms with Crippen LogP contribution in [-0.2, 0) is 11.3 Å². The van der Waals surface area contributed by atoms with E-state index in [9.17, 15) is 9.18 Å². The maximum atomic E-state index is 13.3. The Morgan fingerprint density at radius 2 is 1.76 bits per heavy atom. The van der Waals surface area contributed by atoms with Gasteiger partial charge in [-0.1, -0.05) is 24.3 Å². The maximum Gasteiger partial charge on any atom is 0.338 e. The van der Waals surface area contributed by atoms with Gasteiger partial charge in [0.25, 0.3) is 0 Å². The van der Waals surface area contributed by atoms with Crippen LogP contribution in [0.5, 0.6) is 0 Å². The molecule has 5 nitrogen and oxygen atoms in total. The average Bonchev–Trinajstić information content (AvgIpc) is 3.07. The largest absolute Gasteiger partial charge is 0.462 e. The van der Waals surface area contributed by atoms with E-state index >= 15 is 0 Å². The van der Waals surface area contributed by atoms with Gasteiger partial charge in [0, 0.05) is 5.69 Å². The summed E-state index contributed by atoms with van der Waals surface area (Å²) in [6, 6.07) is 21.3. The number of halogens is 1. The summed E-state index contributed by atoms with van der Waals surface area (Å²) in [5.41, 5.74) is 4.10. The van der Waals surface area contributed by atoms with Crippen LogP contribution >= 0.6 is 0 Å². The summed E-state index contributed by atoms with van der Waals surface area (Å²) >= 11 is 0. The molecular formula is C23H20FN3O2. The van der Waals surface area contributed by atoms with Crippen molar-refractivity contribution in [3.8, 4) is 0 Å². The number of hydrogen-bond acceptors (Lipinski definition) is 4. The van der Waals surface area contributed by atoms with Gasteiger partial charge in [-0.15, -0.1) is 0 Å². The van der Waals surface area contributed by atoms with E-state index in [4.69, 9.17) is 9.72 Å². The Labute approximate surface area is 167 Å². The number of carbonyl (C=O) groups is 1. The van der Waals surface area contributed by atoms with E-state index in [2.05, 4.69) is 5.32 Å². The second-order valence-electron chi connectivity index (χ2n) is 6.56. The Morgan fingerprint density at radius 3 is 2.48 bits per heavy atom. The van der Waals surface area contributed by atoms with Crippen molar-refractivity contribution in [2.75, 3.05) is 11.9 Å². The number of nitrogens with zero attached hydrogens (tertiary/aromatic N) is 2. The molecule has 0 saturated carbocycles. The predicted molar refractivity (Wildman–Crippen MR) is 111 cm³/mol. The van der Waals surface area contributed by atoms with Crippen LogP contribution in [0.2, 0.25) is 0 Å². The second kappa shape index (κ2) is 8.14. The average molecular weight is 389 g/mol. The van der Waals surface area contributed by atoms with E-state index in [1.807, 2.05) is 41.0 Å². The first-order valence-electron chi connectivity index (χ1n) is 9.38. The molecule has 1 heterocycles. The number of carbonyl (C=O) groups excluding carboxylic acids is 1. The Hall–Kier alpha value is -3.67. The van der Waals surface area contributed by atoms with Gasteiger partial charge in [-0.25, -0.2) is 14.2 Å².